The van der Waals surface area contributed by atoms with Gasteiger partial charge in [0.05, 0.1) is 10.6 Å². The minimum Gasteiger partial charge on any atom is -0.502 e. The number of nitrogens with zero attached hydrogens (tertiary/aromatic N) is 4. The maximum absolute atomic E-state index is 13.5. The number of amides is 3. The molecule has 3 heterocycles. The molecule has 35 heavy (non-hydrogen) atoms. The van der Waals surface area contributed by atoms with Gasteiger partial charge in [-0.15, -0.1) is 0 Å². The summed E-state index contributed by atoms with van der Waals surface area (Å²) in [4.78, 5) is 56.8. The average Bonchev–Trinajstić information content (AvgIpc) is 3.61. The summed E-state index contributed by atoms with van der Waals surface area (Å²) in [6.07, 6.45) is 1.15. The lowest BCUT2D eigenvalue weighted by molar-refractivity contribution is -0.130. The van der Waals surface area contributed by atoms with E-state index in [2.05, 4.69) is 0 Å². The summed E-state index contributed by atoms with van der Waals surface area (Å²) < 4.78 is 14.8. The van der Waals surface area contributed by atoms with Crippen molar-refractivity contribution in [3.8, 4) is 5.75 Å². The maximum atomic E-state index is 13.5. The average molecular weight is 503 g/mol. The van der Waals surface area contributed by atoms with Crippen LogP contribution in [0.3, 0.4) is 0 Å². The number of carbonyl (C=O) groups is 3. The molecule has 1 atom stereocenters. The zero-order valence-corrected chi connectivity index (χ0v) is 20.0. The largest absolute Gasteiger partial charge is 0.502 e. The van der Waals surface area contributed by atoms with Gasteiger partial charge in [-0.2, -0.15) is 0 Å². The lowest BCUT2D eigenvalue weighted by Gasteiger charge is -2.30. The van der Waals surface area contributed by atoms with Gasteiger partial charge in [0.1, 0.15) is 24.2 Å². The second-order valence-corrected chi connectivity index (χ2v) is 9.83. The van der Waals surface area contributed by atoms with E-state index in [4.69, 9.17) is 11.6 Å². The van der Waals surface area contributed by atoms with Crippen molar-refractivity contribution in [3.63, 3.8) is 0 Å². The zero-order valence-electron chi connectivity index (χ0n) is 19.3. The maximum Gasteiger partial charge on any atom is 0.295 e. The molecule has 184 valence electrons. The Morgan fingerprint density at radius 3 is 2.54 bits per heavy atom. The van der Waals surface area contributed by atoms with Crippen molar-refractivity contribution in [2.24, 2.45) is 5.92 Å². The third-order valence-corrected chi connectivity index (χ3v) is 7.16. The number of likely N-dealkylation sites (N-methyl/N-ethyl adjacent to an activating group) is 1. The molecule has 1 aromatic heterocycles. The number of halogens is 2. The third-order valence-electron chi connectivity index (χ3n) is 6.87. The fourth-order valence-corrected chi connectivity index (χ4v) is 5.11. The van der Waals surface area contributed by atoms with Gasteiger partial charge in [-0.3, -0.25) is 23.7 Å². The molecular formula is C24H24ClFN4O5. The molecule has 1 saturated carbocycles. The van der Waals surface area contributed by atoms with E-state index in [1.54, 1.807) is 14.1 Å². The Labute approximate surface area is 205 Å². The summed E-state index contributed by atoms with van der Waals surface area (Å²) in [5, 5.41) is 10.8. The van der Waals surface area contributed by atoms with Crippen molar-refractivity contribution in [1.82, 2.24) is 19.3 Å². The molecule has 1 aromatic carbocycles. The van der Waals surface area contributed by atoms with Crippen molar-refractivity contribution >= 4 is 29.3 Å². The SMILES string of the molecule is CN(C)C(=O)CN1C(=O)c2c3c(c(O)c(=O)n2C1C1CC1)C(=O)N(Cc1ccc(F)c(Cl)c1)CC3. The normalized spacial score (nSPS) is 19.1. The van der Waals surface area contributed by atoms with Gasteiger partial charge in [-0.1, -0.05) is 17.7 Å². The second kappa shape index (κ2) is 8.37. The van der Waals surface area contributed by atoms with Crippen molar-refractivity contribution in [3.05, 3.63) is 61.8 Å². The van der Waals surface area contributed by atoms with E-state index in [9.17, 15) is 28.7 Å². The number of carbonyl (C=O) groups excluding carboxylic acids is 3. The van der Waals surface area contributed by atoms with E-state index in [0.29, 0.717) is 11.1 Å². The van der Waals surface area contributed by atoms with Crippen LogP contribution in [0.25, 0.3) is 0 Å². The Kier molecular flexibility index (Phi) is 5.58. The van der Waals surface area contributed by atoms with Gasteiger partial charge in [0.2, 0.25) is 5.91 Å². The number of pyridine rings is 1. The third kappa shape index (κ3) is 3.76. The number of hydrogen-bond acceptors (Lipinski definition) is 5. The molecule has 1 N–H and O–H groups in total. The lowest BCUT2D eigenvalue weighted by atomic mass is 9.95. The van der Waals surface area contributed by atoms with Gasteiger partial charge < -0.3 is 19.8 Å². The van der Waals surface area contributed by atoms with Crippen molar-refractivity contribution in [2.45, 2.75) is 32.0 Å². The Bertz CT molecular complexity index is 1340. The summed E-state index contributed by atoms with van der Waals surface area (Å²) in [5.74, 6) is -2.64. The van der Waals surface area contributed by atoms with E-state index in [-0.39, 0.29) is 54.2 Å². The highest BCUT2D eigenvalue weighted by molar-refractivity contribution is 6.30. The number of hydrogen-bond donors (Lipinski definition) is 1. The van der Waals surface area contributed by atoms with Crippen molar-refractivity contribution in [1.29, 1.82) is 0 Å². The molecule has 3 aliphatic rings. The zero-order chi connectivity index (χ0) is 25.2. The van der Waals surface area contributed by atoms with Crippen molar-refractivity contribution in [2.75, 3.05) is 27.2 Å². The van der Waals surface area contributed by atoms with Crippen LogP contribution in [0.1, 0.15) is 51.0 Å². The smallest absolute Gasteiger partial charge is 0.295 e. The molecule has 3 amide bonds. The molecule has 5 rings (SSSR count). The van der Waals surface area contributed by atoms with Crippen molar-refractivity contribution < 1.29 is 23.9 Å². The minimum atomic E-state index is -0.816. The molecule has 11 heteroatoms. The number of aromatic nitrogens is 1. The van der Waals surface area contributed by atoms with E-state index >= 15 is 0 Å². The molecule has 0 spiro atoms. The van der Waals surface area contributed by atoms with Crippen LogP contribution in [-0.2, 0) is 17.8 Å². The summed E-state index contributed by atoms with van der Waals surface area (Å²) in [5.41, 5.74) is -0.0305. The molecule has 0 saturated heterocycles. The van der Waals surface area contributed by atoms with Crippen LogP contribution in [0.15, 0.2) is 23.0 Å². The highest BCUT2D eigenvalue weighted by Crippen LogP contribution is 2.46. The second-order valence-electron chi connectivity index (χ2n) is 9.42. The summed E-state index contributed by atoms with van der Waals surface area (Å²) >= 11 is 5.86. The molecule has 0 radical (unpaired) electrons. The summed E-state index contributed by atoms with van der Waals surface area (Å²) in [6, 6.07) is 4.13. The topological polar surface area (TPSA) is 103 Å². The summed E-state index contributed by atoms with van der Waals surface area (Å²) in [7, 11) is 3.17. The van der Waals surface area contributed by atoms with Crippen LogP contribution in [0, 0.1) is 11.7 Å². The molecule has 1 fully saturated rings. The molecular weight excluding hydrogens is 479 g/mol. The van der Waals surface area contributed by atoms with E-state index < -0.39 is 35.1 Å². The Morgan fingerprint density at radius 2 is 1.91 bits per heavy atom. The molecule has 2 aliphatic heterocycles. The number of fused-ring (bicyclic) bond motifs is 3. The van der Waals surface area contributed by atoms with Gasteiger partial charge >= 0.3 is 0 Å². The molecule has 1 aliphatic carbocycles. The van der Waals surface area contributed by atoms with Crippen LogP contribution < -0.4 is 5.56 Å². The number of benzene rings is 1. The molecule has 0 bridgehead atoms. The highest BCUT2D eigenvalue weighted by Gasteiger charge is 2.50. The fourth-order valence-electron chi connectivity index (χ4n) is 4.91. The lowest BCUT2D eigenvalue weighted by Crippen LogP contribution is -2.41. The highest BCUT2D eigenvalue weighted by atomic mass is 35.5. The van der Waals surface area contributed by atoms with Gasteiger partial charge in [0.25, 0.3) is 17.4 Å². The van der Waals surface area contributed by atoms with Gasteiger partial charge in [0, 0.05) is 32.7 Å². The first kappa shape index (κ1) is 23.3. The Balaban J connectivity index is 1.55. The van der Waals surface area contributed by atoms with E-state index in [1.165, 1.54) is 37.5 Å². The first-order chi connectivity index (χ1) is 16.6. The number of rotatable bonds is 5. The van der Waals surface area contributed by atoms with E-state index in [0.717, 1.165) is 12.8 Å². The molecule has 9 nitrogen and oxygen atoms in total. The fraction of sp³-hybridized carbons (Fsp3) is 0.417. The summed E-state index contributed by atoms with van der Waals surface area (Å²) in [6.45, 7) is 0.122. The van der Waals surface area contributed by atoms with Crippen LogP contribution in [0.4, 0.5) is 4.39 Å². The molecule has 2 aromatic rings. The number of aromatic hydroxyl groups is 1. The van der Waals surface area contributed by atoms with Crippen LogP contribution in [0.5, 0.6) is 5.75 Å². The van der Waals surface area contributed by atoms with E-state index in [1.807, 2.05) is 0 Å². The van der Waals surface area contributed by atoms with Gasteiger partial charge in [0.15, 0.2) is 5.75 Å². The van der Waals surface area contributed by atoms with Gasteiger partial charge in [-0.05, 0) is 42.9 Å². The minimum absolute atomic E-state index is 0.00401. The predicted molar refractivity (Wildman–Crippen MR) is 124 cm³/mol. The Hall–Kier alpha value is -3.40. The first-order valence-corrected chi connectivity index (χ1v) is 11.7. The first-order valence-electron chi connectivity index (χ1n) is 11.3. The van der Waals surface area contributed by atoms with Crippen LogP contribution >= 0.6 is 11.6 Å². The Morgan fingerprint density at radius 1 is 1.20 bits per heavy atom. The monoisotopic (exact) mass is 502 g/mol. The quantitative estimate of drug-likeness (QED) is 0.673. The standard InChI is InChI=1S/C24H24ClFN4O5/c1-27(2)17(31)11-29-21(13-4-5-13)30-19(23(29)34)14-7-8-28(22(33)18(14)20(32)24(30)35)10-12-3-6-16(26)15(25)9-12/h3,6,9,13,21,32H,4-5,7-8,10-11H2,1-2H3. The van der Waals surface area contributed by atoms with Gasteiger partial charge in [-0.25, -0.2) is 4.39 Å². The molecule has 1 unspecified atom stereocenters. The predicted octanol–water partition coefficient (Wildman–Crippen LogP) is 2.00. The van der Waals surface area contributed by atoms with Crippen LogP contribution in [0.2, 0.25) is 5.02 Å². The van der Waals surface area contributed by atoms with Crippen LogP contribution in [-0.4, -0.2) is 69.3 Å².